The molecule has 0 bridgehead atoms. The van der Waals surface area contributed by atoms with Gasteiger partial charge in [0, 0.05) is 59.3 Å². The van der Waals surface area contributed by atoms with Gasteiger partial charge in [-0.25, -0.2) is 0 Å². The van der Waals surface area contributed by atoms with Crippen molar-refractivity contribution >= 4 is 11.8 Å². The number of nitrogens with one attached hydrogen (secondary N) is 2. The van der Waals surface area contributed by atoms with E-state index in [0.29, 0.717) is 32.5 Å². The maximum absolute atomic E-state index is 12.5. The van der Waals surface area contributed by atoms with Crippen LogP contribution in [-0.2, 0) is 14.3 Å². The highest BCUT2D eigenvalue weighted by atomic mass is 16.5. The summed E-state index contributed by atoms with van der Waals surface area (Å²) in [5.74, 6) is 0.255. The van der Waals surface area contributed by atoms with Crippen LogP contribution < -0.4 is 10.6 Å². The fraction of sp³-hybridized carbons (Fsp3) is 0.950. The van der Waals surface area contributed by atoms with E-state index in [1.165, 1.54) is 154 Å². The molecule has 0 saturated carbocycles. The average molecular weight is 652 g/mol. The minimum atomic E-state index is 0.127. The van der Waals surface area contributed by atoms with E-state index < -0.39 is 0 Å². The second-order valence-electron chi connectivity index (χ2n) is 13.9. The third-order valence-corrected chi connectivity index (χ3v) is 9.34. The molecule has 46 heavy (non-hydrogen) atoms. The molecule has 0 atom stereocenters. The number of carbonyl (C=O) groups excluding carboxylic acids is 2. The second-order valence-corrected chi connectivity index (χ2v) is 13.9. The minimum Gasteiger partial charge on any atom is -0.385 e. The van der Waals surface area contributed by atoms with Crippen LogP contribution in [0.4, 0.5) is 0 Å². The maximum Gasteiger partial charge on any atom is 0.221 e. The van der Waals surface area contributed by atoms with Gasteiger partial charge in [0.15, 0.2) is 0 Å². The number of ether oxygens (including phenoxy) is 1. The number of nitrogens with zero attached hydrogens (tertiary/aromatic N) is 1. The molecule has 0 aliphatic heterocycles. The van der Waals surface area contributed by atoms with Crippen LogP contribution in [-0.4, -0.2) is 63.2 Å². The Morgan fingerprint density at radius 3 is 1.04 bits per heavy atom. The lowest BCUT2D eigenvalue weighted by atomic mass is 10.0. The summed E-state index contributed by atoms with van der Waals surface area (Å²) < 4.78 is 5.23. The van der Waals surface area contributed by atoms with E-state index in [1.54, 1.807) is 7.11 Å². The number of rotatable bonds is 38. The summed E-state index contributed by atoms with van der Waals surface area (Å²) in [6, 6.07) is 0. The van der Waals surface area contributed by atoms with Crippen LogP contribution in [0.2, 0.25) is 0 Å². The Labute approximate surface area is 287 Å². The van der Waals surface area contributed by atoms with Crippen LogP contribution in [0.25, 0.3) is 0 Å². The molecule has 0 spiro atoms. The van der Waals surface area contributed by atoms with Crippen molar-refractivity contribution in [2.45, 2.75) is 200 Å². The third-order valence-electron chi connectivity index (χ3n) is 9.34. The summed E-state index contributed by atoms with van der Waals surface area (Å²) >= 11 is 0. The van der Waals surface area contributed by atoms with E-state index in [1.807, 2.05) is 0 Å². The molecule has 0 aromatic rings. The first kappa shape index (κ1) is 44.9. The summed E-state index contributed by atoms with van der Waals surface area (Å²) in [5, 5.41) is 6.22. The predicted octanol–water partition coefficient (Wildman–Crippen LogP) is 10.5. The van der Waals surface area contributed by atoms with E-state index >= 15 is 0 Å². The summed E-state index contributed by atoms with van der Waals surface area (Å²) in [7, 11) is 1.72. The number of methoxy groups -OCH3 is 1. The van der Waals surface area contributed by atoms with Gasteiger partial charge in [-0.2, -0.15) is 0 Å². The van der Waals surface area contributed by atoms with Gasteiger partial charge in [-0.1, -0.05) is 168 Å². The molecule has 0 unspecified atom stereocenters. The van der Waals surface area contributed by atoms with Crippen LogP contribution in [0.15, 0.2) is 0 Å². The normalized spacial score (nSPS) is 11.4. The zero-order valence-corrected chi connectivity index (χ0v) is 31.4. The quantitative estimate of drug-likeness (QED) is 0.0652. The molecule has 0 aliphatic rings. The third kappa shape index (κ3) is 35.7. The van der Waals surface area contributed by atoms with E-state index in [0.717, 1.165) is 38.9 Å². The highest BCUT2D eigenvalue weighted by Gasteiger charge is 2.11. The maximum atomic E-state index is 12.5. The van der Waals surface area contributed by atoms with Crippen molar-refractivity contribution in [3.05, 3.63) is 0 Å². The van der Waals surface area contributed by atoms with Crippen LogP contribution in [0.3, 0.4) is 0 Å². The van der Waals surface area contributed by atoms with Crippen LogP contribution >= 0.6 is 0 Å². The lowest BCUT2D eigenvalue weighted by Crippen LogP contribution is -2.35. The van der Waals surface area contributed by atoms with E-state index in [4.69, 9.17) is 4.74 Å². The average Bonchev–Trinajstić information content (AvgIpc) is 3.06. The Kier molecular flexibility index (Phi) is 37.4. The Morgan fingerprint density at radius 2 is 0.739 bits per heavy atom. The standard InChI is InChI=1S/C40H81N3O3/c1-4-6-8-10-12-14-16-18-20-22-24-26-28-33-41-39(44)31-36-43(35-30-38-46-3)37-32-40(45)42-34-29-27-25-23-21-19-17-15-13-11-9-7-5-2/h4-38H2,1-3H3,(H,41,44)(H,42,45). The van der Waals surface area contributed by atoms with E-state index in [9.17, 15) is 9.59 Å². The smallest absolute Gasteiger partial charge is 0.221 e. The number of unbranched alkanes of at least 4 members (excludes halogenated alkanes) is 24. The Hall–Kier alpha value is -1.14. The number of hydrogen-bond donors (Lipinski definition) is 2. The van der Waals surface area contributed by atoms with Crippen LogP contribution in [0.5, 0.6) is 0 Å². The molecule has 274 valence electrons. The summed E-state index contributed by atoms with van der Waals surface area (Å²) in [6.07, 6.45) is 36.7. The Morgan fingerprint density at radius 1 is 0.435 bits per heavy atom. The number of hydrogen-bond acceptors (Lipinski definition) is 4. The van der Waals surface area contributed by atoms with Crippen LogP contribution in [0.1, 0.15) is 200 Å². The topological polar surface area (TPSA) is 70.7 Å². The molecule has 0 radical (unpaired) electrons. The van der Waals surface area contributed by atoms with Gasteiger partial charge in [-0.3, -0.25) is 9.59 Å². The summed E-state index contributed by atoms with van der Waals surface area (Å²) in [5.41, 5.74) is 0. The van der Waals surface area contributed by atoms with Gasteiger partial charge in [-0.05, 0) is 19.3 Å². The molecule has 2 amide bonds. The van der Waals surface area contributed by atoms with Crippen molar-refractivity contribution in [2.24, 2.45) is 0 Å². The first-order valence-electron chi connectivity index (χ1n) is 20.4. The highest BCUT2D eigenvalue weighted by molar-refractivity contribution is 5.76. The molecule has 0 heterocycles. The summed E-state index contributed by atoms with van der Waals surface area (Å²) in [4.78, 5) is 27.1. The van der Waals surface area contributed by atoms with Crippen molar-refractivity contribution in [1.29, 1.82) is 0 Å². The first-order chi connectivity index (χ1) is 22.6. The molecule has 0 aromatic carbocycles. The molecule has 2 N–H and O–H groups in total. The fourth-order valence-electron chi connectivity index (χ4n) is 6.21. The Balaban J connectivity index is 3.77. The fourth-order valence-corrected chi connectivity index (χ4v) is 6.21. The largest absolute Gasteiger partial charge is 0.385 e. The van der Waals surface area contributed by atoms with Gasteiger partial charge in [0.05, 0.1) is 0 Å². The highest BCUT2D eigenvalue weighted by Crippen LogP contribution is 2.13. The number of amides is 2. The minimum absolute atomic E-state index is 0.127. The second kappa shape index (κ2) is 38.3. The molecule has 0 rings (SSSR count). The SMILES string of the molecule is CCCCCCCCCCCCCCCNC(=O)CCN(CCCOC)CCC(=O)NCCCCCCCCCCCCCCC. The van der Waals surface area contributed by atoms with Gasteiger partial charge in [0.2, 0.25) is 11.8 Å². The van der Waals surface area contributed by atoms with Crippen molar-refractivity contribution in [3.63, 3.8) is 0 Å². The predicted molar refractivity (Wildman–Crippen MR) is 200 cm³/mol. The monoisotopic (exact) mass is 652 g/mol. The lowest BCUT2D eigenvalue weighted by Gasteiger charge is -2.21. The zero-order valence-electron chi connectivity index (χ0n) is 31.4. The first-order valence-corrected chi connectivity index (χ1v) is 20.4. The van der Waals surface area contributed by atoms with Crippen LogP contribution in [0, 0.1) is 0 Å². The van der Waals surface area contributed by atoms with Gasteiger partial charge >= 0.3 is 0 Å². The lowest BCUT2D eigenvalue weighted by molar-refractivity contribution is -0.121. The molecule has 0 aliphatic carbocycles. The molecule has 0 saturated heterocycles. The number of carbonyl (C=O) groups is 2. The van der Waals surface area contributed by atoms with Crippen molar-refractivity contribution in [3.8, 4) is 0 Å². The molecular formula is C40H81N3O3. The van der Waals surface area contributed by atoms with Crippen molar-refractivity contribution < 1.29 is 14.3 Å². The molecule has 6 heteroatoms. The molecule has 0 aromatic heterocycles. The van der Waals surface area contributed by atoms with Crippen molar-refractivity contribution in [2.75, 3.05) is 46.4 Å². The Bertz CT molecular complexity index is 583. The van der Waals surface area contributed by atoms with E-state index in [-0.39, 0.29) is 11.8 Å². The zero-order chi connectivity index (χ0) is 33.6. The van der Waals surface area contributed by atoms with E-state index in [2.05, 4.69) is 29.4 Å². The molecule has 0 fully saturated rings. The molecular weight excluding hydrogens is 570 g/mol. The van der Waals surface area contributed by atoms with Gasteiger partial charge in [0.25, 0.3) is 0 Å². The summed E-state index contributed by atoms with van der Waals surface area (Å²) in [6.45, 7) is 9.06. The van der Waals surface area contributed by atoms with Gasteiger partial charge < -0.3 is 20.3 Å². The van der Waals surface area contributed by atoms with Gasteiger partial charge in [0.1, 0.15) is 0 Å². The molecule has 6 nitrogen and oxygen atoms in total. The van der Waals surface area contributed by atoms with Gasteiger partial charge in [-0.15, -0.1) is 0 Å². The van der Waals surface area contributed by atoms with Crippen molar-refractivity contribution in [1.82, 2.24) is 15.5 Å².